The van der Waals surface area contributed by atoms with Crippen LogP contribution in [-0.2, 0) is 0 Å². The van der Waals surface area contributed by atoms with Crippen molar-refractivity contribution >= 4 is 11.5 Å². The van der Waals surface area contributed by atoms with Crippen molar-refractivity contribution in [1.29, 1.82) is 5.26 Å². The first-order valence-corrected chi connectivity index (χ1v) is 7.93. The van der Waals surface area contributed by atoms with Crippen molar-refractivity contribution in [2.75, 3.05) is 29.9 Å². The normalized spacial score (nSPS) is 15.6. The van der Waals surface area contributed by atoms with Crippen LogP contribution in [0.3, 0.4) is 0 Å². The van der Waals surface area contributed by atoms with Crippen LogP contribution in [0.15, 0.2) is 18.3 Å². The fourth-order valence-electron chi connectivity index (χ4n) is 2.62. The predicted octanol–water partition coefficient (Wildman–Crippen LogP) is 3.81. The highest BCUT2D eigenvalue weighted by molar-refractivity contribution is 5.48. The molecule has 0 radical (unpaired) electrons. The van der Waals surface area contributed by atoms with Crippen LogP contribution >= 0.6 is 0 Å². The van der Waals surface area contributed by atoms with E-state index in [1.807, 2.05) is 6.20 Å². The molecule has 0 unspecified atom stereocenters. The van der Waals surface area contributed by atoms with E-state index in [-0.39, 0.29) is 5.41 Å². The Hall–Kier alpha value is -1.76. The van der Waals surface area contributed by atoms with Crippen LogP contribution in [0.25, 0.3) is 0 Å². The molecule has 21 heavy (non-hydrogen) atoms. The molecular formula is C17H26N4. The topological polar surface area (TPSA) is 52.0 Å². The van der Waals surface area contributed by atoms with Crippen molar-refractivity contribution < 1.29 is 0 Å². The molecule has 0 saturated carbocycles. The maximum Gasteiger partial charge on any atom is 0.128 e. The number of nitrogens with one attached hydrogen (secondary N) is 1. The Bertz CT molecular complexity index is 467. The van der Waals surface area contributed by atoms with Gasteiger partial charge in [-0.2, -0.15) is 5.26 Å². The number of piperidine rings is 1. The molecule has 0 spiro atoms. The highest BCUT2D eigenvalue weighted by Crippen LogP contribution is 2.24. The summed E-state index contributed by atoms with van der Waals surface area (Å²) in [5.41, 5.74) is 1.18. The van der Waals surface area contributed by atoms with Crippen LogP contribution in [0.1, 0.15) is 46.0 Å². The maximum atomic E-state index is 8.68. The summed E-state index contributed by atoms with van der Waals surface area (Å²) in [4.78, 5) is 6.94. The van der Waals surface area contributed by atoms with Gasteiger partial charge in [-0.15, -0.1) is 0 Å². The Morgan fingerprint density at radius 1 is 1.29 bits per heavy atom. The number of nitriles is 1. The van der Waals surface area contributed by atoms with Gasteiger partial charge < -0.3 is 10.2 Å². The van der Waals surface area contributed by atoms with E-state index in [1.165, 1.54) is 19.3 Å². The lowest BCUT2D eigenvalue weighted by molar-refractivity contribution is 0.364. The quantitative estimate of drug-likeness (QED) is 0.864. The van der Waals surface area contributed by atoms with Gasteiger partial charge in [0.05, 0.1) is 18.0 Å². The highest BCUT2D eigenvalue weighted by atomic mass is 15.2. The fraction of sp³-hybridized carbons (Fsp3) is 0.647. The van der Waals surface area contributed by atoms with Gasteiger partial charge in [-0.3, -0.25) is 0 Å². The fourth-order valence-corrected chi connectivity index (χ4v) is 2.62. The third-order valence-electron chi connectivity index (χ3n) is 4.11. The molecule has 2 rings (SSSR count). The second-order valence-corrected chi connectivity index (χ2v) is 6.63. The van der Waals surface area contributed by atoms with Crippen LogP contribution in [0.4, 0.5) is 11.5 Å². The summed E-state index contributed by atoms with van der Waals surface area (Å²) >= 11 is 0. The van der Waals surface area contributed by atoms with E-state index in [9.17, 15) is 0 Å². The van der Waals surface area contributed by atoms with E-state index in [2.05, 4.69) is 47.3 Å². The number of nitrogens with zero attached hydrogens (tertiary/aromatic N) is 3. The highest BCUT2D eigenvalue weighted by Gasteiger charge is 2.17. The number of pyridine rings is 1. The minimum Gasteiger partial charge on any atom is -0.383 e. The number of hydrogen-bond acceptors (Lipinski definition) is 4. The van der Waals surface area contributed by atoms with Crippen molar-refractivity contribution in [3.8, 4) is 6.07 Å². The van der Waals surface area contributed by atoms with Crippen molar-refractivity contribution in [3.63, 3.8) is 0 Å². The van der Waals surface area contributed by atoms with Crippen LogP contribution in [0.5, 0.6) is 0 Å². The average Bonchev–Trinajstić information content (AvgIpc) is 2.53. The van der Waals surface area contributed by atoms with E-state index in [4.69, 9.17) is 5.26 Å². The van der Waals surface area contributed by atoms with Crippen LogP contribution in [0.2, 0.25) is 0 Å². The molecule has 0 amide bonds. The summed E-state index contributed by atoms with van der Waals surface area (Å²) in [5.74, 6) is 1.09. The first-order chi connectivity index (χ1) is 10.1. The maximum absolute atomic E-state index is 8.68. The van der Waals surface area contributed by atoms with Crippen LogP contribution in [0, 0.1) is 16.7 Å². The van der Waals surface area contributed by atoms with Crippen molar-refractivity contribution in [2.45, 2.75) is 46.0 Å². The van der Waals surface area contributed by atoms with Gasteiger partial charge in [0.1, 0.15) is 5.82 Å². The van der Waals surface area contributed by atoms with Gasteiger partial charge >= 0.3 is 0 Å². The summed E-state index contributed by atoms with van der Waals surface area (Å²) in [6.07, 6.45) is 7.33. The average molecular weight is 286 g/mol. The molecule has 0 bridgehead atoms. The third-order valence-corrected chi connectivity index (χ3v) is 4.11. The second kappa shape index (κ2) is 7.31. The predicted molar refractivity (Wildman–Crippen MR) is 87.4 cm³/mol. The first kappa shape index (κ1) is 15.6. The molecule has 4 heteroatoms. The Kier molecular flexibility index (Phi) is 5.44. The van der Waals surface area contributed by atoms with E-state index >= 15 is 0 Å². The number of anilines is 2. The molecule has 114 valence electrons. The Morgan fingerprint density at radius 3 is 2.67 bits per heavy atom. The van der Waals surface area contributed by atoms with Gasteiger partial charge in [-0.1, -0.05) is 13.8 Å². The smallest absolute Gasteiger partial charge is 0.128 e. The van der Waals surface area contributed by atoms with Crippen molar-refractivity contribution in [2.24, 2.45) is 5.41 Å². The Morgan fingerprint density at radius 2 is 2.05 bits per heavy atom. The first-order valence-electron chi connectivity index (χ1n) is 7.93. The SMILES string of the molecule is CC(C)(CCC#N)CNc1ccc(N2CCCCC2)nc1. The number of aromatic nitrogens is 1. The standard InChI is InChI=1S/C17H26N4/c1-17(2,9-6-10-18)14-20-15-7-8-16(19-13-15)21-11-4-3-5-12-21/h7-8,13,20H,3-6,9,11-12,14H2,1-2H3. The van der Waals surface area contributed by atoms with Crippen LogP contribution in [-0.4, -0.2) is 24.6 Å². The molecule has 1 N–H and O–H groups in total. The Balaban J connectivity index is 1.86. The van der Waals surface area contributed by atoms with Gasteiger partial charge in [0.25, 0.3) is 0 Å². The molecule has 4 nitrogen and oxygen atoms in total. The zero-order chi connectivity index (χ0) is 15.1. The minimum absolute atomic E-state index is 0.126. The largest absolute Gasteiger partial charge is 0.383 e. The van der Waals surface area contributed by atoms with E-state index in [1.54, 1.807) is 0 Å². The van der Waals surface area contributed by atoms with E-state index < -0.39 is 0 Å². The van der Waals surface area contributed by atoms with Gasteiger partial charge in [0, 0.05) is 26.1 Å². The molecule has 1 aromatic rings. The molecule has 0 aliphatic carbocycles. The lowest BCUT2D eigenvalue weighted by atomic mass is 9.88. The zero-order valence-electron chi connectivity index (χ0n) is 13.2. The second-order valence-electron chi connectivity index (χ2n) is 6.63. The molecule has 1 aliphatic rings. The lowest BCUT2D eigenvalue weighted by Crippen LogP contribution is -2.30. The molecule has 2 heterocycles. The van der Waals surface area contributed by atoms with Gasteiger partial charge in [-0.05, 0) is 43.2 Å². The molecule has 1 aliphatic heterocycles. The number of hydrogen-bond donors (Lipinski definition) is 1. The summed E-state index contributed by atoms with van der Waals surface area (Å²) in [5, 5.41) is 12.1. The minimum atomic E-state index is 0.126. The van der Waals surface area contributed by atoms with E-state index in [0.717, 1.165) is 37.6 Å². The molecular weight excluding hydrogens is 260 g/mol. The van der Waals surface area contributed by atoms with Gasteiger partial charge in [0.15, 0.2) is 0 Å². The lowest BCUT2D eigenvalue weighted by Gasteiger charge is -2.28. The molecule has 0 aromatic carbocycles. The van der Waals surface area contributed by atoms with Gasteiger partial charge in [0.2, 0.25) is 0 Å². The summed E-state index contributed by atoms with van der Waals surface area (Å²) in [6.45, 7) is 7.49. The van der Waals surface area contributed by atoms with Crippen molar-refractivity contribution in [3.05, 3.63) is 18.3 Å². The molecule has 1 saturated heterocycles. The molecule has 0 atom stereocenters. The summed E-state index contributed by atoms with van der Waals surface area (Å²) < 4.78 is 0. The summed E-state index contributed by atoms with van der Waals surface area (Å²) in [7, 11) is 0. The summed E-state index contributed by atoms with van der Waals surface area (Å²) in [6, 6.07) is 6.44. The monoisotopic (exact) mass is 286 g/mol. The van der Waals surface area contributed by atoms with Crippen molar-refractivity contribution in [1.82, 2.24) is 4.98 Å². The van der Waals surface area contributed by atoms with E-state index in [0.29, 0.717) is 6.42 Å². The molecule has 1 fully saturated rings. The Labute approximate surface area is 128 Å². The number of rotatable bonds is 6. The van der Waals surface area contributed by atoms with Crippen LogP contribution < -0.4 is 10.2 Å². The van der Waals surface area contributed by atoms with Gasteiger partial charge in [-0.25, -0.2) is 4.98 Å². The zero-order valence-corrected chi connectivity index (χ0v) is 13.2. The third kappa shape index (κ3) is 4.93. The molecule has 1 aromatic heterocycles.